The fraction of sp³-hybridized carbons (Fsp3) is 0.348. The van der Waals surface area contributed by atoms with Crippen LogP contribution in [0.25, 0.3) is 0 Å². The Morgan fingerprint density at radius 1 is 1.15 bits per heavy atom. The van der Waals surface area contributed by atoms with Gasteiger partial charge in [-0.2, -0.15) is 0 Å². The second-order valence-corrected chi connectivity index (χ2v) is 10.3. The van der Waals surface area contributed by atoms with E-state index in [1.807, 2.05) is 36.4 Å². The SMILES string of the molecule is CN(c1cc2cc(n1)CC=CCc1cccc(c1)CC(C)(NC(=O)O)C(=O)OC2)S(C)(=O)=O. The van der Waals surface area contributed by atoms with Crippen molar-refractivity contribution in [1.29, 1.82) is 0 Å². The molecule has 1 aliphatic rings. The summed E-state index contributed by atoms with van der Waals surface area (Å²) >= 11 is 0. The highest BCUT2D eigenvalue weighted by Gasteiger charge is 2.37. The third-order valence-electron chi connectivity index (χ3n) is 5.34. The van der Waals surface area contributed by atoms with Crippen LogP contribution >= 0.6 is 0 Å². The van der Waals surface area contributed by atoms with Gasteiger partial charge in [0, 0.05) is 25.6 Å². The van der Waals surface area contributed by atoms with Gasteiger partial charge in [-0.25, -0.2) is 23.0 Å². The van der Waals surface area contributed by atoms with Gasteiger partial charge >= 0.3 is 12.1 Å². The number of carboxylic acid groups (broad SMARTS) is 1. The molecular weight excluding hydrogens is 446 g/mol. The van der Waals surface area contributed by atoms with Crippen LogP contribution in [0.15, 0.2) is 48.6 Å². The van der Waals surface area contributed by atoms with E-state index in [-0.39, 0.29) is 18.8 Å². The van der Waals surface area contributed by atoms with Crippen LogP contribution < -0.4 is 9.62 Å². The summed E-state index contributed by atoms with van der Waals surface area (Å²) in [5, 5.41) is 11.6. The van der Waals surface area contributed by atoms with E-state index in [0.717, 1.165) is 21.7 Å². The Morgan fingerprint density at radius 3 is 2.55 bits per heavy atom. The fourth-order valence-electron chi connectivity index (χ4n) is 3.56. The maximum Gasteiger partial charge on any atom is 0.405 e. The van der Waals surface area contributed by atoms with Crippen LogP contribution in [0, 0.1) is 0 Å². The summed E-state index contributed by atoms with van der Waals surface area (Å²) in [5.41, 5.74) is 1.44. The van der Waals surface area contributed by atoms with Crippen molar-refractivity contribution < 1.29 is 27.9 Å². The number of ether oxygens (including phenoxy) is 1. The van der Waals surface area contributed by atoms with Gasteiger partial charge in [-0.15, -0.1) is 0 Å². The first-order valence-electron chi connectivity index (χ1n) is 10.3. The molecule has 3 rings (SSSR count). The van der Waals surface area contributed by atoms with Crippen LogP contribution in [0.1, 0.15) is 29.3 Å². The number of pyridine rings is 1. The lowest BCUT2D eigenvalue weighted by molar-refractivity contribution is -0.152. The maximum absolute atomic E-state index is 13.0. The first-order chi connectivity index (χ1) is 15.5. The molecule has 1 amide bonds. The number of rotatable bonds is 3. The molecule has 0 spiro atoms. The number of carbonyl (C=O) groups excluding carboxylic acids is 1. The second kappa shape index (κ2) is 9.62. The number of nitrogens with zero attached hydrogens (tertiary/aromatic N) is 2. The number of cyclic esters (lactones) is 1. The van der Waals surface area contributed by atoms with Crippen molar-refractivity contribution in [3.05, 3.63) is 70.9 Å². The second-order valence-electron chi connectivity index (χ2n) is 8.27. The van der Waals surface area contributed by atoms with Crippen molar-refractivity contribution in [2.75, 3.05) is 17.6 Å². The molecule has 4 bridgehead atoms. The number of anilines is 1. The maximum atomic E-state index is 13.0. The van der Waals surface area contributed by atoms with E-state index in [0.29, 0.717) is 24.1 Å². The number of fused-ring (bicyclic) bond motifs is 4. The summed E-state index contributed by atoms with van der Waals surface area (Å²) in [7, 11) is -2.14. The van der Waals surface area contributed by atoms with Gasteiger partial charge in [0.15, 0.2) is 0 Å². The third kappa shape index (κ3) is 6.32. The van der Waals surface area contributed by atoms with E-state index in [1.54, 1.807) is 6.07 Å². The summed E-state index contributed by atoms with van der Waals surface area (Å²) in [4.78, 5) is 28.9. The predicted octanol–water partition coefficient (Wildman–Crippen LogP) is 2.44. The van der Waals surface area contributed by atoms with Crippen molar-refractivity contribution in [2.45, 2.75) is 38.3 Å². The molecule has 1 unspecified atom stereocenters. The van der Waals surface area contributed by atoms with Crippen LogP contribution in [0.5, 0.6) is 0 Å². The monoisotopic (exact) mass is 473 g/mol. The zero-order valence-corrected chi connectivity index (χ0v) is 19.6. The first-order valence-corrected chi connectivity index (χ1v) is 12.2. The number of allylic oxidation sites excluding steroid dienone is 2. The van der Waals surface area contributed by atoms with Crippen molar-refractivity contribution >= 4 is 27.9 Å². The lowest BCUT2D eigenvalue weighted by atomic mass is 9.91. The van der Waals surface area contributed by atoms with E-state index in [4.69, 9.17) is 4.74 Å². The average molecular weight is 474 g/mol. The predicted molar refractivity (Wildman–Crippen MR) is 124 cm³/mol. The lowest BCUT2D eigenvalue weighted by Gasteiger charge is -2.27. The number of hydrogen-bond donors (Lipinski definition) is 2. The highest BCUT2D eigenvalue weighted by atomic mass is 32.2. The minimum atomic E-state index is -3.54. The molecule has 0 aliphatic carbocycles. The van der Waals surface area contributed by atoms with Crippen molar-refractivity contribution in [3.63, 3.8) is 0 Å². The van der Waals surface area contributed by atoms with Crippen LogP contribution in [0.3, 0.4) is 0 Å². The standard InChI is InChI=1S/C23H27N3O6S/c1-23(25-22(28)29)14-17-9-6-8-16(11-17)7-4-5-10-19-12-18(15-32-21(23)27)13-20(24-19)26(2)33(3,30)31/h4-6,8-9,11-13,25H,7,10,14-15H2,1-3H3,(H,28,29). The van der Waals surface area contributed by atoms with Gasteiger partial charge in [-0.05, 0) is 42.2 Å². The Labute approximate surface area is 193 Å². The van der Waals surface area contributed by atoms with Crippen LogP contribution in [0.2, 0.25) is 0 Å². The molecule has 10 heteroatoms. The van der Waals surface area contributed by atoms with Gasteiger partial charge in [0.25, 0.3) is 0 Å². The van der Waals surface area contributed by atoms with Crippen LogP contribution in [-0.4, -0.2) is 49.4 Å². The number of amides is 1. The molecule has 0 radical (unpaired) electrons. The summed E-state index contributed by atoms with van der Waals surface area (Å²) < 4.78 is 30.6. The average Bonchev–Trinajstić information content (AvgIpc) is 2.73. The molecular formula is C23H27N3O6S. The quantitative estimate of drug-likeness (QED) is 0.518. The van der Waals surface area contributed by atoms with Gasteiger partial charge < -0.3 is 15.2 Å². The summed E-state index contributed by atoms with van der Waals surface area (Å²) in [6, 6.07) is 10.8. The lowest BCUT2D eigenvalue weighted by Crippen LogP contribution is -2.54. The minimum Gasteiger partial charge on any atom is -0.465 e. The Balaban J connectivity index is 2.03. The molecule has 1 aliphatic heterocycles. The summed E-state index contributed by atoms with van der Waals surface area (Å²) in [6.07, 6.45) is 4.89. The fourth-order valence-corrected chi connectivity index (χ4v) is 4.00. The zero-order valence-electron chi connectivity index (χ0n) is 18.7. The van der Waals surface area contributed by atoms with Crippen molar-refractivity contribution in [3.8, 4) is 0 Å². The Morgan fingerprint density at radius 2 is 1.85 bits per heavy atom. The van der Waals surface area contributed by atoms with E-state index in [1.165, 1.54) is 20.0 Å². The molecule has 1 aromatic carbocycles. The number of hydrogen-bond acceptors (Lipinski definition) is 6. The van der Waals surface area contributed by atoms with Gasteiger partial charge in [0.1, 0.15) is 18.0 Å². The normalized spacial score (nSPS) is 19.1. The summed E-state index contributed by atoms with van der Waals surface area (Å²) in [5.74, 6) is -0.531. The number of nitrogens with one attached hydrogen (secondary N) is 1. The van der Waals surface area contributed by atoms with Crippen LogP contribution in [0.4, 0.5) is 10.6 Å². The Hall–Kier alpha value is -3.40. The molecule has 0 saturated carbocycles. The largest absolute Gasteiger partial charge is 0.465 e. The van der Waals surface area contributed by atoms with E-state index in [2.05, 4.69) is 10.3 Å². The molecule has 9 nitrogen and oxygen atoms in total. The molecule has 2 N–H and O–H groups in total. The number of aromatic nitrogens is 1. The highest BCUT2D eigenvalue weighted by Crippen LogP contribution is 2.21. The third-order valence-corrected chi connectivity index (χ3v) is 6.53. The Bertz CT molecular complexity index is 1190. The van der Waals surface area contributed by atoms with Gasteiger partial charge in [0.05, 0.1) is 6.26 Å². The molecule has 176 valence electrons. The topological polar surface area (TPSA) is 126 Å². The van der Waals surface area contributed by atoms with E-state index in [9.17, 15) is 23.1 Å². The number of sulfonamides is 1. The molecule has 2 aromatic rings. The number of carbonyl (C=O) groups is 2. The van der Waals surface area contributed by atoms with Gasteiger partial charge in [-0.3, -0.25) is 4.31 Å². The highest BCUT2D eigenvalue weighted by molar-refractivity contribution is 7.92. The zero-order chi connectivity index (χ0) is 24.2. The van der Waals surface area contributed by atoms with E-state index < -0.39 is 27.6 Å². The molecule has 1 atom stereocenters. The summed E-state index contributed by atoms with van der Waals surface area (Å²) in [6.45, 7) is 1.31. The molecule has 2 heterocycles. The van der Waals surface area contributed by atoms with Gasteiger partial charge in [-0.1, -0.05) is 36.4 Å². The molecule has 33 heavy (non-hydrogen) atoms. The molecule has 0 fully saturated rings. The number of benzene rings is 1. The first kappa shape index (κ1) is 24.2. The molecule has 1 aromatic heterocycles. The minimum absolute atomic E-state index is 0.110. The number of esters is 1. The van der Waals surface area contributed by atoms with Gasteiger partial charge in [0.2, 0.25) is 10.0 Å². The van der Waals surface area contributed by atoms with Crippen molar-refractivity contribution in [1.82, 2.24) is 10.3 Å². The van der Waals surface area contributed by atoms with Crippen molar-refractivity contribution in [2.24, 2.45) is 0 Å². The smallest absolute Gasteiger partial charge is 0.405 e. The van der Waals surface area contributed by atoms with E-state index >= 15 is 0 Å². The Kier molecular flexibility index (Phi) is 7.06. The molecule has 0 saturated heterocycles. The van der Waals surface area contributed by atoms with Crippen LogP contribution in [-0.2, 0) is 45.4 Å².